The molecular formula is C27H34N4O2S. The van der Waals surface area contributed by atoms with E-state index >= 15 is 0 Å². The second kappa shape index (κ2) is 10.7. The van der Waals surface area contributed by atoms with Gasteiger partial charge in [0.2, 0.25) is 0 Å². The molecule has 0 unspecified atom stereocenters. The summed E-state index contributed by atoms with van der Waals surface area (Å²) in [5, 5.41) is 4.96. The van der Waals surface area contributed by atoms with Crippen molar-refractivity contribution < 1.29 is 9.53 Å². The van der Waals surface area contributed by atoms with Crippen molar-refractivity contribution in [3.05, 3.63) is 53.6 Å². The molecule has 0 saturated carbocycles. The number of carbonyl (C=O) groups excluding carboxylic acids is 1. The molecule has 1 fully saturated rings. The summed E-state index contributed by atoms with van der Waals surface area (Å²) in [5.41, 5.74) is 9.32. The first-order chi connectivity index (χ1) is 16.7. The summed E-state index contributed by atoms with van der Waals surface area (Å²) in [6, 6.07) is 14.6. The van der Waals surface area contributed by atoms with Crippen molar-refractivity contribution in [1.82, 2.24) is 4.90 Å². The number of unbranched alkanes of at least 4 members (excludes halogenated alkanes) is 1. The number of benzene rings is 2. The van der Waals surface area contributed by atoms with Gasteiger partial charge in [-0.05, 0) is 85.8 Å². The van der Waals surface area contributed by atoms with Crippen LogP contribution in [0.15, 0.2) is 42.5 Å². The third-order valence-electron chi connectivity index (χ3n) is 6.97. The van der Waals surface area contributed by atoms with Gasteiger partial charge in [-0.1, -0.05) is 18.2 Å². The number of hydrogen-bond donors (Lipinski definition) is 2. The number of hydrogen-bond acceptors (Lipinski definition) is 5. The number of piperazine rings is 1. The van der Waals surface area contributed by atoms with Gasteiger partial charge >= 0.3 is 6.03 Å². The van der Waals surface area contributed by atoms with Crippen molar-refractivity contribution >= 4 is 38.1 Å². The summed E-state index contributed by atoms with van der Waals surface area (Å²) >= 11 is 1.61. The van der Waals surface area contributed by atoms with E-state index in [0.29, 0.717) is 0 Å². The van der Waals surface area contributed by atoms with Crippen LogP contribution in [-0.4, -0.2) is 50.3 Å². The fraction of sp³-hybridized carbons (Fsp3) is 0.444. The molecule has 3 aromatic rings. The molecule has 180 valence electrons. The number of ether oxygens (including phenoxy) is 1. The van der Waals surface area contributed by atoms with E-state index < -0.39 is 6.03 Å². The van der Waals surface area contributed by atoms with E-state index in [1.807, 2.05) is 6.07 Å². The van der Waals surface area contributed by atoms with Gasteiger partial charge in [-0.25, -0.2) is 4.79 Å². The predicted molar refractivity (Wildman–Crippen MR) is 141 cm³/mol. The molecule has 5 rings (SSSR count). The van der Waals surface area contributed by atoms with Crippen LogP contribution < -0.4 is 20.7 Å². The Balaban J connectivity index is 1.11. The Hall–Kier alpha value is -2.77. The van der Waals surface area contributed by atoms with Gasteiger partial charge in [0, 0.05) is 36.6 Å². The van der Waals surface area contributed by atoms with Gasteiger partial charge in [0.25, 0.3) is 0 Å². The van der Waals surface area contributed by atoms with Crippen LogP contribution in [0.5, 0.6) is 5.75 Å². The summed E-state index contributed by atoms with van der Waals surface area (Å²) < 4.78 is 7.08. The van der Waals surface area contributed by atoms with Crippen molar-refractivity contribution in [2.45, 2.75) is 38.5 Å². The number of urea groups is 1. The third kappa shape index (κ3) is 5.31. The summed E-state index contributed by atoms with van der Waals surface area (Å²) in [5.74, 6) is 1.08. The lowest BCUT2D eigenvalue weighted by Gasteiger charge is -2.36. The maximum Gasteiger partial charge on any atom is 0.317 e. The Morgan fingerprint density at radius 3 is 2.76 bits per heavy atom. The van der Waals surface area contributed by atoms with Crippen LogP contribution in [0, 0.1) is 0 Å². The van der Waals surface area contributed by atoms with Crippen LogP contribution in [0.25, 0.3) is 10.1 Å². The highest BCUT2D eigenvalue weighted by atomic mass is 32.1. The van der Waals surface area contributed by atoms with Crippen LogP contribution in [0.3, 0.4) is 0 Å². The molecule has 3 heterocycles. The smallest absolute Gasteiger partial charge is 0.317 e. The highest BCUT2D eigenvalue weighted by molar-refractivity contribution is 7.23. The van der Waals surface area contributed by atoms with Crippen LogP contribution >= 0.6 is 11.3 Å². The standard InChI is InChI=1S/C27H34N4O2S/c28-27(32)29-26-23(22-8-1-2-10-25(22)34-26)9-3-5-13-30-14-16-31(17-15-30)21-11-12-24-20(19-21)7-4-6-18-33-24/h1-2,8,10-12,19H,3-7,9,13-18H2,(H3,28,29,32). The highest BCUT2D eigenvalue weighted by Gasteiger charge is 2.19. The Kier molecular flexibility index (Phi) is 7.21. The Bertz CT molecular complexity index is 1140. The van der Waals surface area contributed by atoms with Gasteiger partial charge in [0.15, 0.2) is 0 Å². The molecule has 2 aliphatic heterocycles. The van der Waals surface area contributed by atoms with E-state index in [1.165, 1.54) is 33.3 Å². The van der Waals surface area contributed by atoms with Crippen molar-refractivity contribution in [2.24, 2.45) is 5.73 Å². The van der Waals surface area contributed by atoms with Gasteiger partial charge in [0.1, 0.15) is 10.8 Å². The number of nitrogens with one attached hydrogen (secondary N) is 1. The predicted octanol–water partition coefficient (Wildman–Crippen LogP) is 5.25. The lowest BCUT2D eigenvalue weighted by Crippen LogP contribution is -2.46. The molecule has 0 atom stereocenters. The molecule has 2 amide bonds. The number of aryl methyl sites for hydroxylation is 2. The molecule has 0 bridgehead atoms. The molecule has 2 aromatic carbocycles. The largest absolute Gasteiger partial charge is 0.493 e. The monoisotopic (exact) mass is 478 g/mol. The number of thiophene rings is 1. The zero-order valence-corrected chi connectivity index (χ0v) is 20.5. The minimum absolute atomic E-state index is 0.493. The fourth-order valence-electron chi connectivity index (χ4n) is 5.13. The van der Waals surface area contributed by atoms with Crippen molar-refractivity contribution in [3.63, 3.8) is 0 Å². The summed E-state index contributed by atoms with van der Waals surface area (Å²) in [4.78, 5) is 16.5. The first kappa shape index (κ1) is 23.0. The maximum absolute atomic E-state index is 11.5. The third-order valence-corrected chi connectivity index (χ3v) is 8.09. The van der Waals surface area contributed by atoms with Crippen LogP contribution in [0.4, 0.5) is 15.5 Å². The lowest BCUT2D eigenvalue weighted by molar-refractivity contribution is 0.253. The first-order valence-corrected chi connectivity index (χ1v) is 13.3. The SMILES string of the molecule is NC(=O)Nc1sc2ccccc2c1CCCCN1CCN(c2ccc3c(c2)CCCCO3)CC1. The number of fused-ring (bicyclic) bond motifs is 2. The Labute approximate surface area is 205 Å². The molecule has 1 aromatic heterocycles. The zero-order chi connectivity index (χ0) is 23.3. The van der Waals surface area contributed by atoms with Crippen molar-refractivity contribution in [1.29, 1.82) is 0 Å². The molecule has 0 aliphatic carbocycles. The number of nitrogens with two attached hydrogens (primary N) is 1. The quantitative estimate of drug-likeness (QED) is 0.455. The number of rotatable bonds is 7. The minimum Gasteiger partial charge on any atom is -0.493 e. The molecule has 2 aliphatic rings. The maximum atomic E-state index is 11.5. The van der Waals surface area contributed by atoms with E-state index in [1.54, 1.807) is 11.3 Å². The molecule has 34 heavy (non-hydrogen) atoms. The summed E-state index contributed by atoms with van der Waals surface area (Å²) in [6.45, 7) is 6.30. The molecule has 6 nitrogen and oxygen atoms in total. The minimum atomic E-state index is -0.493. The average Bonchev–Trinajstić information content (AvgIpc) is 3.01. The van der Waals surface area contributed by atoms with E-state index in [9.17, 15) is 4.79 Å². The van der Waals surface area contributed by atoms with Crippen LogP contribution in [0.1, 0.15) is 36.8 Å². The second-order valence-corrected chi connectivity index (χ2v) is 10.3. The van der Waals surface area contributed by atoms with E-state index in [-0.39, 0.29) is 0 Å². The average molecular weight is 479 g/mol. The normalized spacial score (nSPS) is 16.6. The zero-order valence-electron chi connectivity index (χ0n) is 19.7. The second-order valence-electron chi connectivity index (χ2n) is 9.28. The Morgan fingerprint density at radius 1 is 1.06 bits per heavy atom. The summed E-state index contributed by atoms with van der Waals surface area (Å²) in [6.07, 6.45) is 6.69. The number of carbonyl (C=O) groups is 1. The molecule has 3 N–H and O–H groups in total. The number of amides is 2. The first-order valence-electron chi connectivity index (χ1n) is 12.5. The van der Waals surface area contributed by atoms with Crippen LogP contribution in [0.2, 0.25) is 0 Å². The molecule has 0 spiro atoms. The van der Waals surface area contributed by atoms with E-state index in [2.05, 4.69) is 51.5 Å². The van der Waals surface area contributed by atoms with E-state index in [0.717, 1.165) is 82.2 Å². The van der Waals surface area contributed by atoms with Gasteiger partial charge in [-0.15, -0.1) is 11.3 Å². The Morgan fingerprint density at radius 2 is 1.91 bits per heavy atom. The van der Waals surface area contributed by atoms with Gasteiger partial charge < -0.3 is 15.4 Å². The molecule has 1 saturated heterocycles. The number of anilines is 2. The van der Waals surface area contributed by atoms with E-state index in [4.69, 9.17) is 10.5 Å². The highest BCUT2D eigenvalue weighted by Crippen LogP contribution is 2.36. The lowest BCUT2D eigenvalue weighted by atomic mass is 10.1. The van der Waals surface area contributed by atoms with Crippen molar-refractivity contribution in [3.8, 4) is 5.75 Å². The topological polar surface area (TPSA) is 70.8 Å². The summed E-state index contributed by atoms with van der Waals surface area (Å²) in [7, 11) is 0. The number of primary amides is 1. The molecule has 7 heteroatoms. The van der Waals surface area contributed by atoms with Gasteiger partial charge in [-0.2, -0.15) is 0 Å². The molecule has 0 radical (unpaired) electrons. The fourth-order valence-corrected chi connectivity index (χ4v) is 6.28. The van der Waals surface area contributed by atoms with Crippen molar-refractivity contribution in [2.75, 3.05) is 49.5 Å². The van der Waals surface area contributed by atoms with Gasteiger partial charge in [-0.3, -0.25) is 10.2 Å². The number of nitrogens with zero attached hydrogens (tertiary/aromatic N) is 2. The van der Waals surface area contributed by atoms with Gasteiger partial charge in [0.05, 0.1) is 6.61 Å². The molecular weight excluding hydrogens is 444 g/mol. The van der Waals surface area contributed by atoms with Crippen LogP contribution in [-0.2, 0) is 12.8 Å².